The molecule has 1 unspecified atom stereocenters. The Bertz CT molecular complexity index is 549. The molecule has 0 aromatic heterocycles. The maximum absolute atomic E-state index is 12.4. The zero-order valence-electron chi connectivity index (χ0n) is 14.2. The molecule has 1 heterocycles. The van der Waals surface area contributed by atoms with E-state index in [2.05, 4.69) is 31.3 Å². The summed E-state index contributed by atoms with van der Waals surface area (Å²) in [7, 11) is 0. The molecule has 5 nitrogen and oxygen atoms in total. The lowest BCUT2D eigenvalue weighted by Crippen LogP contribution is -3.14. The Morgan fingerprint density at radius 1 is 1.26 bits per heavy atom. The van der Waals surface area contributed by atoms with Crippen molar-refractivity contribution in [2.24, 2.45) is 11.7 Å². The van der Waals surface area contributed by atoms with Crippen molar-refractivity contribution in [3.8, 4) is 0 Å². The van der Waals surface area contributed by atoms with Gasteiger partial charge in [-0.15, -0.1) is 0 Å². The van der Waals surface area contributed by atoms with Gasteiger partial charge in [-0.25, -0.2) is 0 Å². The highest BCUT2D eigenvalue weighted by atomic mass is 16.2. The standard InChI is InChI=1S/C18H27N3O2/c1-3-13-7-5-8-14(4-2)17(13)20-16(22)12-21-10-6-9-15(11-21)18(19)23/h5,7-8,15H,3-4,6,9-12H2,1-2H3,(H2,19,23)(H,20,22)/p+1/t15-/m0/s1. The minimum absolute atomic E-state index is 0.0146. The molecule has 1 aromatic rings. The van der Waals surface area contributed by atoms with Gasteiger partial charge in [-0.05, 0) is 36.8 Å². The number of rotatable bonds is 6. The number of aryl methyl sites for hydroxylation is 2. The Morgan fingerprint density at radius 3 is 2.48 bits per heavy atom. The monoisotopic (exact) mass is 318 g/mol. The van der Waals surface area contributed by atoms with Crippen LogP contribution in [0, 0.1) is 5.92 Å². The molecule has 0 spiro atoms. The molecule has 2 atom stereocenters. The maximum atomic E-state index is 12.4. The van der Waals surface area contributed by atoms with Gasteiger partial charge in [0.25, 0.3) is 5.91 Å². The molecule has 5 heteroatoms. The van der Waals surface area contributed by atoms with Gasteiger partial charge in [-0.3, -0.25) is 9.59 Å². The number of hydrogen-bond acceptors (Lipinski definition) is 2. The Labute approximate surface area is 138 Å². The summed E-state index contributed by atoms with van der Waals surface area (Å²) >= 11 is 0. The third-order valence-corrected chi connectivity index (χ3v) is 4.69. The summed E-state index contributed by atoms with van der Waals surface area (Å²) in [5, 5.41) is 3.10. The molecule has 0 bridgehead atoms. The van der Waals surface area contributed by atoms with Crippen LogP contribution in [0.5, 0.6) is 0 Å². The number of amides is 2. The number of anilines is 1. The van der Waals surface area contributed by atoms with E-state index in [1.165, 1.54) is 11.1 Å². The lowest BCUT2D eigenvalue weighted by molar-refractivity contribution is -0.899. The van der Waals surface area contributed by atoms with Gasteiger partial charge in [0.1, 0.15) is 0 Å². The Hall–Kier alpha value is -1.88. The van der Waals surface area contributed by atoms with Gasteiger partial charge in [0.15, 0.2) is 6.54 Å². The number of benzene rings is 1. The second kappa shape index (κ2) is 8.11. The molecule has 2 rings (SSSR count). The van der Waals surface area contributed by atoms with E-state index in [4.69, 9.17) is 5.73 Å². The van der Waals surface area contributed by atoms with E-state index in [1.54, 1.807) is 0 Å². The summed E-state index contributed by atoms with van der Waals surface area (Å²) < 4.78 is 0. The van der Waals surface area contributed by atoms with Crippen LogP contribution in [0.1, 0.15) is 37.8 Å². The van der Waals surface area contributed by atoms with Crippen molar-refractivity contribution in [1.29, 1.82) is 0 Å². The second-order valence-corrected chi connectivity index (χ2v) is 6.33. The minimum atomic E-state index is -0.243. The SMILES string of the molecule is CCc1cccc(CC)c1NC(=O)C[NH+]1CCC[C@H](C(N)=O)C1. The normalized spacial score (nSPS) is 21.0. The first-order valence-electron chi connectivity index (χ1n) is 8.58. The molecular formula is C18H28N3O2+. The van der Waals surface area contributed by atoms with Gasteiger partial charge in [-0.2, -0.15) is 0 Å². The van der Waals surface area contributed by atoms with Crippen LogP contribution in [-0.4, -0.2) is 31.4 Å². The molecule has 4 N–H and O–H groups in total. The van der Waals surface area contributed by atoms with Crippen LogP contribution >= 0.6 is 0 Å². The first-order valence-corrected chi connectivity index (χ1v) is 8.58. The van der Waals surface area contributed by atoms with Gasteiger partial charge < -0.3 is 16.0 Å². The molecule has 1 aliphatic heterocycles. The lowest BCUT2D eigenvalue weighted by atomic mass is 9.97. The van der Waals surface area contributed by atoms with Crippen LogP contribution in [0.2, 0.25) is 0 Å². The van der Waals surface area contributed by atoms with Crippen molar-refractivity contribution in [3.63, 3.8) is 0 Å². The van der Waals surface area contributed by atoms with Gasteiger partial charge in [0.2, 0.25) is 5.91 Å². The molecule has 2 amide bonds. The zero-order chi connectivity index (χ0) is 16.8. The van der Waals surface area contributed by atoms with E-state index in [0.29, 0.717) is 13.1 Å². The quantitative estimate of drug-likeness (QED) is 0.715. The summed E-state index contributed by atoms with van der Waals surface area (Å²) in [4.78, 5) is 24.9. The van der Waals surface area contributed by atoms with Crippen LogP contribution < -0.4 is 16.0 Å². The van der Waals surface area contributed by atoms with Crippen LogP contribution in [0.15, 0.2) is 18.2 Å². The fraction of sp³-hybridized carbons (Fsp3) is 0.556. The summed E-state index contributed by atoms with van der Waals surface area (Å²) in [6, 6.07) is 6.16. The van der Waals surface area contributed by atoms with Gasteiger partial charge in [0.05, 0.1) is 19.0 Å². The number of quaternary nitrogens is 1. The number of piperidine rings is 1. The van der Waals surface area contributed by atoms with Crippen molar-refractivity contribution >= 4 is 17.5 Å². The van der Waals surface area contributed by atoms with Crippen LogP contribution in [0.3, 0.4) is 0 Å². The molecule has 23 heavy (non-hydrogen) atoms. The predicted molar refractivity (Wildman–Crippen MR) is 91.3 cm³/mol. The van der Waals surface area contributed by atoms with E-state index in [0.717, 1.165) is 42.8 Å². The van der Waals surface area contributed by atoms with Gasteiger partial charge in [-0.1, -0.05) is 32.0 Å². The lowest BCUT2D eigenvalue weighted by Gasteiger charge is -2.27. The summed E-state index contributed by atoms with van der Waals surface area (Å²) in [5.41, 5.74) is 8.71. The number of hydrogen-bond donors (Lipinski definition) is 3. The molecule has 1 aliphatic rings. The maximum Gasteiger partial charge on any atom is 0.279 e. The summed E-state index contributed by atoms with van der Waals surface area (Å²) in [6.07, 6.45) is 3.58. The fourth-order valence-corrected chi connectivity index (χ4v) is 3.37. The third-order valence-electron chi connectivity index (χ3n) is 4.69. The van der Waals surface area contributed by atoms with Gasteiger partial charge in [0, 0.05) is 5.69 Å². The molecular weight excluding hydrogens is 290 g/mol. The third kappa shape index (κ3) is 4.55. The highest BCUT2D eigenvalue weighted by Gasteiger charge is 2.28. The predicted octanol–water partition coefficient (Wildman–Crippen LogP) is 0.530. The van der Waals surface area contributed by atoms with Crippen molar-refractivity contribution in [3.05, 3.63) is 29.3 Å². The molecule has 1 fully saturated rings. The smallest absolute Gasteiger partial charge is 0.279 e. The summed E-state index contributed by atoms with van der Waals surface area (Å²) in [5.74, 6) is -0.325. The van der Waals surface area contributed by atoms with E-state index < -0.39 is 0 Å². The van der Waals surface area contributed by atoms with Crippen molar-refractivity contribution < 1.29 is 14.5 Å². The average Bonchev–Trinajstić information content (AvgIpc) is 2.55. The molecule has 126 valence electrons. The number of nitrogens with one attached hydrogen (secondary N) is 2. The highest BCUT2D eigenvalue weighted by molar-refractivity contribution is 5.93. The fourth-order valence-electron chi connectivity index (χ4n) is 3.37. The van der Waals surface area contributed by atoms with Crippen LogP contribution in [-0.2, 0) is 22.4 Å². The topological polar surface area (TPSA) is 76.6 Å². The first kappa shape index (κ1) is 17.5. The molecule has 0 aliphatic carbocycles. The number of para-hydroxylation sites is 1. The summed E-state index contributed by atoms with van der Waals surface area (Å²) in [6.45, 7) is 6.17. The average molecular weight is 318 g/mol. The number of nitrogens with two attached hydrogens (primary N) is 1. The highest BCUT2D eigenvalue weighted by Crippen LogP contribution is 2.22. The second-order valence-electron chi connectivity index (χ2n) is 6.33. The Balaban J connectivity index is 2.01. The number of primary amides is 1. The zero-order valence-corrected chi connectivity index (χ0v) is 14.2. The first-order chi connectivity index (χ1) is 11.0. The Morgan fingerprint density at radius 2 is 1.91 bits per heavy atom. The largest absolute Gasteiger partial charge is 0.369 e. The molecule has 0 radical (unpaired) electrons. The van der Waals surface area contributed by atoms with Crippen LogP contribution in [0.4, 0.5) is 5.69 Å². The van der Waals surface area contributed by atoms with Crippen molar-refractivity contribution in [2.75, 3.05) is 25.0 Å². The number of carbonyl (C=O) groups excluding carboxylic acids is 2. The molecule has 1 aromatic carbocycles. The number of carbonyl (C=O) groups is 2. The molecule has 0 saturated carbocycles. The van der Waals surface area contributed by atoms with E-state index in [9.17, 15) is 9.59 Å². The van der Waals surface area contributed by atoms with Crippen molar-refractivity contribution in [2.45, 2.75) is 39.5 Å². The van der Waals surface area contributed by atoms with Gasteiger partial charge >= 0.3 is 0 Å². The van der Waals surface area contributed by atoms with E-state index in [1.807, 2.05) is 6.07 Å². The van der Waals surface area contributed by atoms with Crippen LogP contribution in [0.25, 0.3) is 0 Å². The Kier molecular flexibility index (Phi) is 6.16. The minimum Gasteiger partial charge on any atom is -0.369 e. The van der Waals surface area contributed by atoms with E-state index >= 15 is 0 Å². The van der Waals surface area contributed by atoms with E-state index in [-0.39, 0.29) is 17.7 Å². The number of likely N-dealkylation sites (tertiary alicyclic amines) is 1. The van der Waals surface area contributed by atoms with Crippen molar-refractivity contribution in [1.82, 2.24) is 0 Å². The molecule has 1 saturated heterocycles.